The monoisotopic (exact) mass is 602 g/mol. The van der Waals surface area contributed by atoms with Crippen LogP contribution >= 0.6 is 0 Å². The molecule has 0 aromatic heterocycles. The highest BCUT2D eigenvalue weighted by atomic mass is 16.6. The number of aliphatic hydroxyl groups is 2. The Labute approximate surface area is 259 Å². The van der Waals surface area contributed by atoms with Crippen LogP contribution in [-0.4, -0.2) is 70.6 Å². The van der Waals surface area contributed by atoms with Crippen LogP contribution in [0.2, 0.25) is 0 Å². The molecule has 13 atom stereocenters. The van der Waals surface area contributed by atoms with Crippen molar-refractivity contribution in [1.29, 1.82) is 0 Å². The van der Waals surface area contributed by atoms with Gasteiger partial charge in [-0.05, 0) is 127 Å². The highest BCUT2D eigenvalue weighted by molar-refractivity contribution is 5.85. The second kappa shape index (κ2) is 11.4. The van der Waals surface area contributed by atoms with Gasteiger partial charge in [-0.2, -0.15) is 0 Å². The molecule has 5 unspecified atom stereocenters. The van der Waals surface area contributed by atoms with E-state index in [4.69, 9.17) is 18.9 Å². The summed E-state index contributed by atoms with van der Waals surface area (Å²) in [4.78, 5) is 11.9. The van der Waals surface area contributed by atoms with E-state index in [1.54, 1.807) is 6.08 Å². The molecule has 43 heavy (non-hydrogen) atoms. The van der Waals surface area contributed by atoms with Crippen molar-refractivity contribution in [3.05, 3.63) is 11.6 Å². The largest absolute Gasteiger partial charge is 0.458 e. The fourth-order valence-electron chi connectivity index (χ4n) is 11.1. The molecule has 0 bridgehead atoms. The van der Waals surface area contributed by atoms with Crippen molar-refractivity contribution in [2.75, 3.05) is 6.61 Å². The van der Waals surface area contributed by atoms with Crippen molar-refractivity contribution in [2.24, 2.45) is 34.5 Å². The summed E-state index contributed by atoms with van der Waals surface area (Å²) in [6, 6.07) is 0. The van der Waals surface area contributed by atoms with Crippen LogP contribution in [0.25, 0.3) is 0 Å². The maximum absolute atomic E-state index is 12.5. The molecule has 1 saturated heterocycles. The molecule has 2 N–H and O–H groups in total. The lowest BCUT2D eigenvalue weighted by molar-refractivity contribution is -0.252. The minimum atomic E-state index is -0.678. The van der Waals surface area contributed by atoms with Crippen molar-refractivity contribution in [1.82, 2.24) is 0 Å². The van der Waals surface area contributed by atoms with E-state index in [-0.39, 0.29) is 53.2 Å². The van der Waals surface area contributed by atoms with Gasteiger partial charge in [-0.25, -0.2) is 4.79 Å². The zero-order valence-corrected chi connectivity index (χ0v) is 27.8. The van der Waals surface area contributed by atoms with Crippen LogP contribution in [0.1, 0.15) is 119 Å². The second-order valence-electron chi connectivity index (χ2n) is 16.4. The number of fused-ring (bicyclic) bond motifs is 5. The number of cyclic esters (lactones) is 1. The van der Waals surface area contributed by atoms with Gasteiger partial charge < -0.3 is 29.2 Å². The molecule has 2 heterocycles. The minimum absolute atomic E-state index is 0.0943. The molecule has 5 fully saturated rings. The molecule has 6 rings (SSSR count). The van der Waals surface area contributed by atoms with E-state index in [1.165, 1.54) is 0 Å². The van der Waals surface area contributed by atoms with E-state index in [0.717, 1.165) is 69.8 Å². The normalized spacial score (nSPS) is 49.0. The molecular weight excluding hydrogens is 544 g/mol. The van der Waals surface area contributed by atoms with Crippen LogP contribution in [0.4, 0.5) is 0 Å². The van der Waals surface area contributed by atoms with Crippen LogP contribution in [0, 0.1) is 34.5 Å². The van der Waals surface area contributed by atoms with Gasteiger partial charge in [0.2, 0.25) is 0 Å². The molecule has 0 aromatic rings. The molecule has 4 saturated carbocycles. The second-order valence-corrected chi connectivity index (χ2v) is 16.4. The Kier molecular flexibility index (Phi) is 8.45. The summed E-state index contributed by atoms with van der Waals surface area (Å²) in [6.45, 7) is 15.6. The fourth-order valence-corrected chi connectivity index (χ4v) is 11.1. The standard InChI is InChI=1S/C36H58O7/c1-8-21(2)41-32-22(3)42-30(19-29(32)37)33(4,5)43-25-11-14-34(6)24(18-25)9-10-28-27(34)12-15-35(7)26(13-16-36(28,35)39)23-17-31(38)40-20-23/h17,21-22,24-30,32,37,39H,8-16,18-20H2,1-7H3/t21?,22?,24?,25-,26+,27?,28?,29+,30+,32+,34-,35+,36-/m0/s1. The van der Waals surface area contributed by atoms with Gasteiger partial charge in [0.05, 0.1) is 41.7 Å². The van der Waals surface area contributed by atoms with Gasteiger partial charge in [0.25, 0.3) is 0 Å². The van der Waals surface area contributed by atoms with Gasteiger partial charge >= 0.3 is 5.97 Å². The van der Waals surface area contributed by atoms with E-state index in [1.807, 2.05) is 13.8 Å². The first-order valence-corrected chi connectivity index (χ1v) is 17.5. The Hall–Kier alpha value is -0.990. The minimum Gasteiger partial charge on any atom is -0.458 e. The van der Waals surface area contributed by atoms with Crippen molar-refractivity contribution in [3.8, 4) is 0 Å². The van der Waals surface area contributed by atoms with Crippen molar-refractivity contribution >= 4 is 5.97 Å². The van der Waals surface area contributed by atoms with Crippen LogP contribution in [0.5, 0.6) is 0 Å². The van der Waals surface area contributed by atoms with Crippen molar-refractivity contribution < 1.29 is 34.0 Å². The number of esters is 1. The highest BCUT2D eigenvalue weighted by Gasteiger charge is 2.67. The zero-order chi connectivity index (χ0) is 30.9. The van der Waals surface area contributed by atoms with E-state index in [2.05, 4.69) is 34.6 Å². The third-order valence-corrected chi connectivity index (χ3v) is 13.8. The molecular formula is C36H58O7. The molecule has 4 aliphatic carbocycles. The van der Waals surface area contributed by atoms with Gasteiger partial charge in [-0.3, -0.25) is 0 Å². The Balaban J connectivity index is 1.10. The predicted molar refractivity (Wildman–Crippen MR) is 164 cm³/mol. The third kappa shape index (κ3) is 5.25. The number of hydrogen-bond donors (Lipinski definition) is 2. The summed E-state index contributed by atoms with van der Waals surface area (Å²) >= 11 is 0. The Morgan fingerprint density at radius 1 is 1.07 bits per heavy atom. The molecule has 244 valence electrons. The average molecular weight is 603 g/mol. The smallest absolute Gasteiger partial charge is 0.331 e. The molecule has 2 aliphatic heterocycles. The first kappa shape index (κ1) is 32.0. The molecule has 0 radical (unpaired) electrons. The average Bonchev–Trinajstić information content (AvgIpc) is 3.50. The Bertz CT molecular complexity index is 1080. The summed E-state index contributed by atoms with van der Waals surface area (Å²) in [5, 5.41) is 23.5. The maximum Gasteiger partial charge on any atom is 0.331 e. The zero-order valence-electron chi connectivity index (χ0n) is 27.8. The highest BCUT2D eigenvalue weighted by Crippen LogP contribution is 2.70. The topological polar surface area (TPSA) is 94.5 Å². The number of rotatable bonds is 7. The Morgan fingerprint density at radius 2 is 1.84 bits per heavy atom. The van der Waals surface area contributed by atoms with Gasteiger partial charge in [0.1, 0.15) is 12.7 Å². The van der Waals surface area contributed by atoms with Crippen LogP contribution in [0.15, 0.2) is 11.6 Å². The third-order valence-electron chi connectivity index (χ3n) is 13.8. The SMILES string of the molecule is CCC(C)O[C@@H]1C(C)O[C@@H](C(C)(C)O[C@H]2CC[C@@]3(C)C(CCC4C3CC[C@]3(C)[C@@H](C5=CC(=O)OC5)CC[C@]43O)C2)C[C@H]1O. The first-order valence-electron chi connectivity index (χ1n) is 17.5. The van der Waals surface area contributed by atoms with Crippen LogP contribution in [-0.2, 0) is 23.7 Å². The summed E-state index contributed by atoms with van der Waals surface area (Å²) in [7, 11) is 0. The number of carbonyl (C=O) groups excluding carboxylic acids is 1. The molecule has 6 aliphatic rings. The van der Waals surface area contributed by atoms with Gasteiger partial charge in [0, 0.05) is 17.9 Å². The predicted octanol–water partition coefficient (Wildman–Crippen LogP) is 6.13. The number of carbonyl (C=O) groups is 1. The lowest BCUT2D eigenvalue weighted by Gasteiger charge is -2.64. The van der Waals surface area contributed by atoms with Gasteiger partial charge in [0.15, 0.2) is 0 Å². The summed E-state index contributed by atoms with van der Waals surface area (Å²) < 4.78 is 24.8. The molecule has 0 spiro atoms. The number of ether oxygens (including phenoxy) is 4. The Morgan fingerprint density at radius 3 is 2.51 bits per heavy atom. The van der Waals surface area contributed by atoms with E-state index in [0.29, 0.717) is 30.8 Å². The van der Waals surface area contributed by atoms with E-state index in [9.17, 15) is 15.0 Å². The van der Waals surface area contributed by atoms with Gasteiger partial charge in [-0.15, -0.1) is 0 Å². The first-order chi connectivity index (χ1) is 20.2. The van der Waals surface area contributed by atoms with E-state index >= 15 is 0 Å². The lowest BCUT2D eigenvalue weighted by atomic mass is 9.43. The molecule has 7 nitrogen and oxygen atoms in total. The molecule has 0 aromatic carbocycles. The molecule has 7 heteroatoms. The van der Waals surface area contributed by atoms with Crippen LogP contribution < -0.4 is 0 Å². The van der Waals surface area contributed by atoms with E-state index < -0.39 is 17.3 Å². The lowest BCUT2D eigenvalue weighted by Crippen LogP contribution is -2.62. The summed E-state index contributed by atoms with van der Waals surface area (Å²) in [6.07, 6.45) is 11.5. The quantitative estimate of drug-likeness (QED) is 0.339. The van der Waals surface area contributed by atoms with Crippen molar-refractivity contribution in [3.63, 3.8) is 0 Å². The number of hydrogen-bond acceptors (Lipinski definition) is 7. The summed E-state index contributed by atoms with van der Waals surface area (Å²) in [5.41, 5.74) is -0.0675. The number of aliphatic hydroxyl groups excluding tert-OH is 1. The van der Waals surface area contributed by atoms with Gasteiger partial charge in [-0.1, -0.05) is 20.8 Å². The summed E-state index contributed by atoms with van der Waals surface area (Å²) in [5.74, 6) is 1.43. The maximum atomic E-state index is 12.5. The van der Waals surface area contributed by atoms with Crippen LogP contribution in [0.3, 0.4) is 0 Å². The van der Waals surface area contributed by atoms with Crippen molar-refractivity contribution in [2.45, 2.75) is 167 Å². The fraction of sp³-hybridized carbons (Fsp3) is 0.917. The molecule has 0 amide bonds.